The molecule has 0 aromatic heterocycles. The van der Waals surface area contributed by atoms with Crippen molar-refractivity contribution in [3.05, 3.63) is 57.6 Å². The molecular formula is C14H7Cl2NO. The molecule has 0 fully saturated rings. The van der Waals surface area contributed by atoms with Gasteiger partial charge in [-0.15, -0.1) is 0 Å². The minimum atomic E-state index is -0.281. The van der Waals surface area contributed by atoms with E-state index < -0.39 is 0 Å². The predicted octanol–water partition coefficient (Wildman–Crippen LogP) is 4.22. The molecule has 2 aromatic rings. The molecule has 2 aromatic carbocycles. The first-order chi connectivity index (χ1) is 8.61. The smallest absolute Gasteiger partial charge is 0.211 e. The zero-order valence-corrected chi connectivity index (χ0v) is 10.6. The van der Waals surface area contributed by atoms with E-state index in [4.69, 9.17) is 28.6 Å². The van der Waals surface area contributed by atoms with Crippen LogP contribution < -0.4 is 0 Å². The van der Waals surface area contributed by atoms with E-state index in [-0.39, 0.29) is 11.5 Å². The summed E-state index contributed by atoms with van der Waals surface area (Å²) in [5, 5.41) is 8.73. The number of halogens is 2. The average Bonchev–Trinajstić information content (AvgIpc) is 2.39. The maximum atomic E-state index is 12.1. The summed E-state index contributed by atoms with van der Waals surface area (Å²) in [6.07, 6.45) is 0. The fourth-order valence-corrected chi connectivity index (χ4v) is 2.60. The number of rotatable bonds is 0. The molecular weight excluding hydrogens is 269 g/mol. The van der Waals surface area contributed by atoms with Crippen molar-refractivity contribution < 1.29 is 4.79 Å². The maximum absolute atomic E-state index is 12.1. The Balaban J connectivity index is 2.46. The van der Waals surface area contributed by atoms with Gasteiger partial charge in [0.2, 0.25) is 5.78 Å². The molecule has 0 amide bonds. The lowest BCUT2D eigenvalue weighted by Crippen LogP contribution is -2.21. The second-order valence-electron chi connectivity index (χ2n) is 4.03. The van der Waals surface area contributed by atoms with Crippen LogP contribution in [0.1, 0.15) is 15.9 Å². The Labute approximate surface area is 114 Å². The van der Waals surface area contributed by atoms with Gasteiger partial charge >= 0.3 is 0 Å². The van der Waals surface area contributed by atoms with Gasteiger partial charge in [0.25, 0.3) is 0 Å². The van der Waals surface area contributed by atoms with Crippen LogP contribution in [-0.4, -0.2) is 11.5 Å². The molecule has 0 spiro atoms. The van der Waals surface area contributed by atoms with Crippen molar-refractivity contribution in [3.63, 3.8) is 0 Å². The van der Waals surface area contributed by atoms with E-state index >= 15 is 0 Å². The molecule has 0 saturated heterocycles. The summed E-state index contributed by atoms with van der Waals surface area (Å²) in [7, 11) is 0. The molecule has 18 heavy (non-hydrogen) atoms. The standard InChI is InChI=1S/C14H7Cl2NO/c15-10-6-5-9-11(12(10)16)7-3-1-2-4-8(7)14(18)13(9)17/h1-6,17H. The highest BCUT2D eigenvalue weighted by Gasteiger charge is 2.29. The molecule has 0 heterocycles. The lowest BCUT2D eigenvalue weighted by atomic mass is 9.83. The predicted molar refractivity (Wildman–Crippen MR) is 73.1 cm³/mol. The molecule has 4 heteroatoms. The summed E-state index contributed by atoms with van der Waals surface area (Å²) in [5.74, 6) is -0.281. The average molecular weight is 276 g/mol. The lowest BCUT2D eigenvalue weighted by molar-refractivity contribution is 0.106. The van der Waals surface area contributed by atoms with Crippen LogP contribution in [0, 0.1) is 5.41 Å². The van der Waals surface area contributed by atoms with Crippen LogP contribution in [0.3, 0.4) is 0 Å². The summed E-state index contributed by atoms with van der Waals surface area (Å²) in [6.45, 7) is 0. The number of benzene rings is 2. The second kappa shape index (κ2) is 3.94. The number of fused-ring (bicyclic) bond motifs is 3. The third-order valence-corrected chi connectivity index (χ3v) is 3.84. The van der Waals surface area contributed by atoms with Crippen molar-refractivity contribution in [3.8, 4) is 11.1 Å². The number of hydrogen-bond acceptors (Lipinski definition) is 2. The molecule has 0 aliphatic heterocycles. The van der Waals surface area contributed by atoms with Gasteiger partial charge < -0.3 is 0 Å². The number of carbonyl (C=O) groups is 1. The maximum Gasteiger partial charge on any atom is 0.211 e. The van der Waals surface area contributed by atoms with E-state index in [0.29, 0.717) is 26.7 Å². The zero-order valence-electron chi connectivity index (χ0n) is 9.13. The van der Waals surface area contributed by atoms with Crippen molar-refractivity contribution in [1.29, 1.82) is 5.41 Å². The normalized spacial score (nSPS) is 13.2. The first-order valence-electron chi connectivity index (χ1n) is 5.32. The molecule has 1 aliphatic carbocycles. The summed E-state index contributed by atoms with van der Waals surface area (Å²) in [6, 6.07) is 10.4. The Morgan fingerprint density at radius 1 is 0.889 bits per heavy atom. The molecule has 0 atom stereocenters. The first-order valence-corrected chi connectivity index (χ1v) is 6.08. The molecule has 0 bridgehead atoms. The van der Waals surface area contributed by atoms with Crippen LogP contribution in [0.25, 0.3) is 11.1 Å². The molecule has 1 aliphatic rings. The van der Waals surface area contributed by atoms with Crippen LogP contribution in [0.2, 0.25) is 10.0 Å². The van der Waals surface area contributed by atoms with E-state index in [1.807, 2.05) is 12.1 Å². The van der Waals surface area contributed by atoms with Gasteiger partial charge in [-0.05, 0) is 11.6 Å². The number of hydrogen-bond donors (Lipinski definition) is 1. The molecule has 0 saturated carbocycles. The Morgan fingerprint density at radius 3 is 2.28 bits per heavy atom. The van der Waals surface area contributed by atoms with Gasteiger partial charge in [-0.3, -0.25) is 10.2 Å². The molecule has 1 N–H and O–H groups in total. The summed E-state index contributed by atoms with van der Waals surface area (Å²) in [4.78, 5) is 12.1. The van der Waals surface area contributed by atoms with Gasteiger partial charge in [0.15, 0.2) is 0 Å². The molecule has 0 radical (unpaired) electrons. The summed E-state index contributed by atoms with van der Waals surface area (Å²) in [5.41, 5.74) is 2.40. The Morgan fingerprint density at radius 2 is 1.56 bits per heavy atom. The molecule has 88 valence electrons. The third kappa shape index (κ3) is 1.43. The highest BCUT2D eigenvalue weighted by Crippen LogP contribution is 2.41. The fraction of sp³-hybridized carbons (Fsp3) is 0. The topological polar surface area (TPSA) is 40.9 Å². The highest BCUT2D eigenvalue weighted by molar-refractivity contribution is 6.55. The molecule has 2 nitrogen and oxygen atoms in total. The fourth-order valence-electron chi connectivity index (χ4n) is 2.18. The van der Waals surface area contributed by atoms with Crippen molar-refractivity contribution in [1.82, 2.24) is 0 Å². The SMILES string of the molecule is N=C1C(=O)c2ccccc2-c2c1ccc(Cl)c2Cl. The Kier molecular flexibility index (Phi) is 2.51. The van der Waals surface area contributed by atoms with Gasteiger partial charge in [0, 0.05) is 16.7 Å². The van der Waals surface area contributed by atoms with E-state index in [1.165, 1.54) is 0 Å². The van der Waals surface area contributed by atoms with Gasteiger partial charge in [-0.2, -0.15) is 0 Å². The Hall–Kier alpha value is -1.64. The van der Waals surface area contributed by atoms with E-state index in [0.717, 1.165) is 5.56 Å². The van der Waals surface area contributed by atoms with E-state index in [1.54, 1.807) is 24.3 Å². The van der Waals surface area contributed by atoms with Crippen LogP contribution in [0.4, 0.5) is 0 Å². The minimum Gasteiger partial charge on any atom is -0.296 e. The van der Waals surface area contributed by atoms with Gasteiger partial charge in [-0.1, -0.05) is 53.5 Å². The lowest BCUT2D eigenvalue weighted by Gasteiger charge is -2.20. The van der Waals surface area contributed by atoms with Crippen LogP contribution in [0.5, 0.6) is 0 Å². The summed E-state index contributed by atoms with van der Waals surface area (Å²) < 4.78 is 0. The number of carbonyl (C=O) groups excluding carboxylic acids is 1. The van der Waals surface area contributed by atoms with Gasteiger partial charge in [0.05, 0.1) is 10.0 Å². The largest absolute Gasteiger partial charge is 0.296 e. The summed E-state index contributed by atoms with van der Waals surface area (Å²) >= 11 is 12.2. The van der Waals surface area contributed by atoms with Crippen LogP contribution in [-0.2, 0) is 0 Å². The number of Topliss-reactive ketones (excluding diaryl/α,β-unsaturated/α-hetero) is 1. The molecule has 0 unspecified atom stereocenters. The van der Waals surface area contributed by atoms with E-state index in [9.17, 15) is 4.79 Å². The van der Waals surface area contributed by atoms with Crippen molar-refractivity contribution in [2.75, 3.05) is 0 Å². The van der Waals surface area contributed by atoms with E-state index in [2.05, 4.69) is 0 Å². The zero-order chi connectivity index (χ0) is 12.9. The monoisotopic (exact) mass is 275 g/mol. The third-order valence-electron chi connectivity index (χ3n) is 3.03. The van der Waals surface area contributed by atoms with Crippen LogP contribution in [0.15, 0.2) is 36.4 Å². The van der Waals surface area contributed by atoms with Crippen molar-refractivity contribution in [2.24, 2.45) is 0 Å². The Bertz CT molecular complexity index is 707. The minimum absolute atomic E-state index is 0.0396. The van der Waals surface area contributed by atoms with Crippen molar-refractivity contribution in [2.45, 2.75) is 0 Å². The van der Waals surface area contributed by atoms with Crippen LogP contribution >= 0.6 is 23.2 Å². The van der Waals surface area contributed by atoms with Gasteiger partial charge in [-0.25, -0.2) is 0 Å². The first kappa shape index (κ1) is 11.5. The second-order valence-corrected chi connectivity index (χ2v) is 4.82. The quantitative estimate of drug-likeness (QED) is 0.768. The highest BCUT2D eigenvalue weighted by atomic mass is 35.5. The number of nitrogens with one attached hydrogen (secondary N) is 1. The molecule has 3 rings (SSSR count). The van der Waals surface area contributed by atoms with Crippen molar-refractivity contribution >= 4 is 34.7 Å². The number of ketones is 1. The van der Waals surface area contributed by atoms with Gasteiger partial charge in [0.1, 0.15) is 5.71 Å².